The van der Waals surface area contributed by atoms with E-state index in [1.807, 2.05) is 0 Å². The summed E-state index contributed by atoms with van der Waals surface area (Å²) in [6, 6.07) is 2.36. The van der Waals surface area contributed by atoms with Crippen molar-refractivity contribution in [3.63, 3.8) is 0 Å². The summed E-state index contributed by atoms with van der Waals surface area (Å²) < 4.78 is 0. The van der Waals surface area contributed by atoms with Gasteiger partial charge in [0.25, 0.3) is 0 Å². The topological polar surface area (TPSA) is 45.8 Å². The summed E-state index contributed by atoms with van der Waals surface area (Å²) in [7, 11) is 0. The zero-order chi connectivity index (χ0) is 5.11. The maximum absolute atomic E-state index is 10.1. The molecule has 1 rings (SSSR count). The molecule has 1 aromatic rings. The van der Waals surface area contributed by atoms with Crippen LogP contribution in [0.5, 0.6) is 0 Å². The van der Waals surface area contributed by atoms with Crippen molar-refractivity contribution in [2.24, 2.45) is 0 Å². The van der Waals surface area contributed by atoms with Crippen LogP contribution in [0.3, 0.4) is 0 Å². The highest BCUT2D eigenvalue weighted by Gasteiger charge is 1.72. The van der Waals surface area contributed by atoms with Crippen LogP contribution in [0.15, 0.2) is 17.2 Å². The van der Waals surface area contributed by atoms with E-state index in [2.05, 4.69) is 16.3 Å². The van der Waals surface area contributed by atoms with Crippen LogP contribution in [0, 0.1) is 6.07 Å². The Kier molecular flexibility index (Phi) is 0.898. The van der Waals surface area contributed by atoms with Gasteiger partial charge in [-0.2, -0.15) is 5.10 Å². The van der Waals surface area contributed by atoms with Gasteiger partial charge in [0.2, 0.25) is 5.43 Å². The van der Waals surface area contributed by atoms with E-state index in [1.54, 1.807) is 0 Å². The van der Waals surface area contributed by atoms with Gasteiger partial charge in [-0.25, -0.2) is 0 Å². The summed E-state index contributed by atoms with van der Waals surface area (Å²) in [5.41, 5.74) is -0.196. The van der Waals surface area contributed by atoms with E-state index < -0.39 is 0 Å². The lowest BCUT2D eigenvalue weighted by Crippen LogP contribution is -1.97. The molecule has 0 amide bonds. The fourth-order valence-electron chi connectivity index (χ4n) is 0.274. The minimum absolute atomic E-state index is 0.196. The Hall–Kier alpha value is -1.12. The van der Waals surface area contributed by atoms with Gasteiger partial charge in [-0.15, -0.1) is 0 Å². The lowest BCUT2D eigenvalue weighted by Gasteiger charge is -1.72. The van der Waals surface area contributed by atoms with Crippen LogP contribution in [0.2, 0.25) is 0 Å². The van der Waals surface area contributed by atoms with Crippen LogP contribution in [0.25, 0.3) is 0 Å². The molecule has 0 aliphatic heterocycles. The van der Waals surface area contributed by atoms with Gasteiger partial charge < -0.3 is 0 Å². The molecule has 0 atom stereocenters. The Morgan fingerprint density at radius 1 is 1.86 bits per heavy atom. The molecule has 1 N–H and O–H groups in total. The van der Waals surface area contributed by atoms with Crippen molar-refractivity contribution in [1.82, 2.24) is 10.2 Å². The molecule has 1 radical (unpaired) electrons. The van der Waals surface area contributed by atoms with E-state index in [-0.39, 0.29) is 5.43 Å². The smallest absolute Gasteiger partial charge is 0.208 e. The number of hydrogen-bond donors (Lipinski definition) is 1. The van der Waals surface area contributed by atoms with Crippen molar-refractivity contribution in [3.8, 4) is 0 Å². The second-order valence-electron chi connectivity index (χ2n) is 1.04. The molecular formula is C4H3N2O. The van der Waals surface area contributed by atoms with Crippen LogP contribution >= 0.6 is 0 Å². The molecule has 0 unspecified atom stereocenters. The summed E-state index contributed by atoms with van der Waals surface area (Å²) in [6.07, 6.45) is 2.53. The fraction of sp³-hybridized carbons (Fsp3) is 0. The molecule has 3 heteroatoms. The van der Waals surface area contributed by atoms with Crippen LogP contribution < -0.4 is 5.43 Å². The third-order valence-corrected chi connectivity index (χ3v) is 0.535. The largest absolute Gasteiger partial charge is 0.287 e. The lowest BCUT2D eigenvalue weighted by atomic mass is 10.6. The van der Waals surface area contributed by atoms with Crippen molar-refractivity contribution in [1.29, 1.82) is 0 Å². The second-order valence-corrected chi connectivity index (χ2v) is 1.04. The number of aromatic nitrogens is 2. The quantitative estimate of drug-likeness (QED) is 0.475. The highest BCUT2D eigenvalue weighted by atomic mass is 16.1. The highest BCUT2D eigenvalue weighted by molar-refractivity contribution is 4.79. The Labute approximate surface area is 40.0 Å². The first-order chi connectivity index (χ1) is 3.39. The predicted octanol–water partition coefficient (Wildman–Crippen LogP) is -0.430. The zero-order valence-electron chi connectivity index (χ0n) is 3.51. The molecule has 0 bridgehead atoms. The van der Waals surface area contributed by atoms with Crippen LogP contribution in [-0.4, -0.2) is 10.2 Å². The van der Waals surface area contributed by atoms with Gasteiger partial charge in [-0.3, -0.25) is 9.89 Å². The number of rotatable bonds is 0. The number of nitrogens with one attached hydrogen (secondary N) is 1. The van der Waals surface area contributed by atoms with Crippen molar-refractivity contribution < 1.29 is 0 Å². The SMILES string of the molecule is O=c1[c]c[nH]nc1. The first-order valence-electron chi connectivity index (χ1n) is 1.80. The Bertz CT molecular complexity index is 175. The summed E-state index contributed by atoms with van der Waals surface area (Å²) in [5.74, 6) is 0. The summed E-state index contributed by atoms with van der Waals surface area (Å²) in [5, 5.41) is 5.84. The van der Waals surface area contributed by atoms with Crippen molar-refractivity contribution in [3.05, 3.63) is 28.7 Å². The minimum Gasteiger partial charge on any atom is -0.287 e. The molecule has 0 spiro atoms. The summed E-state index contributed by atoms with van der Waals surface area (Å²) in [6.45, 7) is 0. The molecule has 1 heterocycles. The molecule has 0 aliphatic carbocycles. The number of H-pyrrole nitrogens is 1. The first-order valence-corrected chi connectivity index (χ1v) is 1.80. The molecule has 35 valence electrons. The van der Waals surface area contributed by atoms with E-state index in [4.69, 9.17) is 0 Å². The maximum atomic E-state index is 10.1. The van der Waals surface area contributed by atoms with Gasteiger partial charge >= 0.3 is 0 Å². The Morgan fingerprint density at radius 2 is 2.71 bits per heavy atom. The van der Waals surface area contributed by atoms with Gasteiger partial charge in [0.05, 0.1) is 12.3 Å². The zero-order valence-corrected chi connectivity index (χ0v) is 3.51. The monoisotopic (exact) mass is 95.0 g/mol. The molecular weight excluding hydrogens is 92.1 g/mol. The van der Waals surface area contributed by atoms with E-state index in [0.29, 0.717) is 0 Å². The maximum Gasteiger partial charge on any atom is 0.208 e. The molecule has 0 fully saturated rings. The fourth-order valence-corrected chi connectivity index (χ4v) is 0.274. The summed E-state index contributed by atoms with van der Waals surface area (Å²) in [4.78, 5) is 10.1. The molecule has 0 aliphatic rings. The second kappa shape index (κ2) is 1.55. The molecule has 7 heavy (non-hydrogen) atoms. The van der Waals surface area contributed by atoms with Crippen LogP contribution in [-0.2, 0) is 0 Å². The number of nitrogens with zero attached hydrogens (tertiary/aromatic N) is 1. The average molecular weight is 95.1 g/mol. The molecule has 0 aromatic carbocycles. The third-order valence-electron chi connectivity index (χ3n) is 0.535. The number of aromatic amines is 1. The average Bonchev–Trinajstić information content (AvgIpc) is 1.69. The summed E-state index contributed by atoms with van der Waals surface area (Å²) >= 11 is 0. The molecule has 0 saturated carbocycles. The predicted molar refractivity (Wildman–Crippen MR) is 23.7 cm³/mol. The van der Waals surface area contributed by atoms with Crippen molar-refractivity contribution >= 4 is 0 Å². The normalized spacial score (nSPS) is 8.57. The highest BCUT2D eigenvalue weighted by Crippen LogP contribution is 1.55. The number of hydrogen-bond acceptors (Lipinski definition) is 2. The molecule has 1 aromatic heterocycles. The standard InChI is InChI=1S/C4H3N2O/c7-4-1-2-5-6-3-4/h2-3H,(H,5,7). The van der Waals surface area contributed by atoms with E-state index in [0.717, 1.165) is 0 Å². The minimum atomic E-state index is -0.196. The van der Waals surface area contributed by atoms with Crippen LogP contribution in [0.1, 0.15) is 0 Å². The van der Waals surface area contributed by atoms with E-state index in [1.165, 1.54) is 12.4 Å². The third kappa shape index (κ3) is 0.855. The Balaban J connectivity index is 3.28. The first kappa shape index (κ1) is 4.05. The van der Waals surface area contributed by atoms with E-state index >= 15 is 0 Å². The van der Waals surface area contributed by atoms with Crippen molar-refractivity contribution in [2.75, 3.05) is 0 Å². The van der Waals surface area contributed by atoms with E-state index in [9.17, 15) is 4.79 Å². The molecule has 3 nitrogen and oxygen atoms in total. The Morgan fingerprint density at radius 3 is 3.00 bits per heavy atom. The molecule has 0 saturated heterocycles. The van der Waals surface area contributed by atoms with Gasteiger partial charge in [0.15, 0.2) is 0 Å². The van der Waals surface area contributed by atoms with Crippen molar-refractivity contribution in [2.45, 2.75) is 0 Å². The van der Waals surface area contributed by atoms with Gasteiger partial charge in [-0.1, -0.05) is 0 Å². The van der Waals surface area contributed by atoms with Gasteiger partial charge in [-0.05, 0) is 0 Å². The van der Waals surface area contributed by atoms with Gasteiger partial charge in [0, 0.05) is 6.20 Å². The van der Waals surface area contributed by atoms with Gasteiger partial charge in [0.1, 0.15) is 0 Å². The lowest BCUT2D eigenvalue weighted by molar-refractivity contribution is 1.01. The van der Waals surface area contributed by atoms with Crippen LogP contribution in [0.4, 0.5) is 0 Å².